The summed E-state index contributed by atoms with van der Waals surface area (Å²) in [6.07, 6.45) is 6.72. The Bertz CT molecular complexity index is 2750. The molecular weight excluding hydrogens is 671 g/mol. The summed E-state index contributed by atoms with van der Waals surface area (Å²) in [6, 6.07) is 59.6. The number of hydrogen-bond donors (Lipinski definition) is 0. The van der Waals surface area contributed by atoms with Crippen molar-refractivity contribution in [3.8, 4) is 67.5 Å². The van der Waals surface area contributed by atoms with Gasteiger partial charge in [-0.3, -0.25) is 0 Å². The Morgan fingerprint density at radius 1 is 0.382 bits per heavy atom. The predicted octanol–water partition coefficient (Wildman–Crippen LogP) is 13.8. The molecule has 0 spiro atoms. The molecular formula is C51H39N3O. The first-order chi connectivity index (χ1) is 27.2. The molecule has 0 amide bonds. The lowest BCUT2D eigenvalue weighted by Gasteiger charge is -2.22. The minimum atomic E-state index is 0.605. The Morgan fingerprint density at radius 3 is 1.53 bits per heavy atom. The van der Waals surface area contributed by atoms with Crippen LogP contribution >= 0.6 is 0 Å². The van der Waals surface area contributed by atoms with Crippen molar-refractivity contribution in [2.45, 2.75) is 38.0 Å². The third-order valence-corrected chi connectivity index (χ3v) is 11.2. The summed E-state index contributed by atoms with van der Waals surface area (Å²) in [6.45, 7) is 0. The van der Waals surface area contributed by atoms with Crippen LogP contribution in [0.1, 0.15) is 43.6 Å². The molecule has 10 rings (SSSR count). The number of furan rings is 1. The minimum Gasteiger partial charge on any atom is -0.455 e. The van der Waals surface area contributed by atoms with Gasteiger partial charge in [0.25, 0.3) is 0 Å². The molecule has 1 aliphatic rings. The minimum absolute atomic E-state index is 0.605. The summed E-state index contributed by atoms with van der Waals surface area (Å²) in [7, 11) is 0. The van der Waals surface area contributed by atoms with Crippen molar-refractivity contribution in [3.05, 3.63) is 175 Å². The maximum Gasteiger partial charge on any atom is 0.164 e. The number of nitrogens with zero attached hydrogens (tertiary/aromatic N) is 3. The van der Waals surface area contributed by atoms with Crippen molar-refractivity contribution in [1.82, 2.24) is 15.0 Å². The zero-order chi connectivity index (χ0) is 36.6. The van der Waals surface area contributed by atoms with Gasteiger partial charge < -0.3 is 4.42 Å². The van der Waals surface area contributed by atoms with Crippen molar-refractivity contribution in [3.63, 3.8) is 0 Å². The van der Waals surface area contributed by atoms with Crippen LogP contribution in [-0.4, -0.2) is 15.0 Å². The number of para-hydroxylation sites is 1. The van der Waals surface area contributed by atoms with E-state index in [1.54, 1.807) is 0 Å². The van der Waals surface area contributed by atoms with Gasteiger partial charge in [-0.1, -0.05) is 183 Å². The predicted molar refractivity (Wildman–Crippen MR) is 226 cm³/mol. The standard InChI is InChI=1S/C51H39N3O/c1-4-12-34(13-5-1)36-22-24-38(25-23-36)39-26-30-40(31-27-39)43-18-10-19-44-47-45(20-11-21-46(47)55-48(43)44)51-53-49(41-16-8-3-9-17-41)52-50(54-51)42-32-28-37(29-33-42)35-14-6-2-7-15-35/h2-3,6-11,14-34H,1,4-5,12-13H2. The second-order valence-corrected chi connectivity index (χ2v) is 14.6. The van der Waals surface area contributed by atoms with Crippen LogP contribution in [0.15, 0.2) is 174 Å². The van der Waals surface area contributed by atoms with Gasteiger partial charge >= 0.3 is 0 Å². The van der Waals surface area contributed by atoms with E-state index in [0.29, 0.717) is 23.4 Å². The monoisotopic (exact) mass is 709 g/mol. The van der Waals surface area contributed by atoms with E-state index in [1.807, 2.05) is 48.5 Å². The van der Waals surface area contributed by atoms with Gasteiger partial charge in [-0.15, -0.1) is 0 Å². The molecule has 0 unspecified atom stereocenters. The van der Waals surface area contributed by atoms with Crippen molar-refractivity contribution in [1.29, 1.82) is 0 Å². The highest BCUT2D eigenvalue weighted by atomic mass is 16.3. The van der Waals surface area contributed by atoms with Crippen LogP contribution in [0.2, 0.25) is 0 Å². The summed E-state index contributed by atoms with van der Waals surface area (Å²) >= 11 is 0. The molecule has 0 bridgehead atoms. The fourth-order valence-corrected chi connectivity index (χ4v) is 8.27. The lowest BCUT2D eigenvalue weighted by atomic mass is 9.83. The van der Waals surface area contributed by atoms with Crippen LogP contribution in [-0.2, 0) is 0 Å². The molecule has 0 saturated heterocycles. The van der Waals surface area contributed by atoms with E-state index in [9.17, 15) is 0 Å². The van der Waals surface area contributed by atoms with Gasteiger partial charge in [0.2, 0.25) is 0 Å². The number of hydrogen-bond acceptors (Lipinski definition) is 4. The van der Waals surface area contributed by atoms with Crippen LogP contribution < -0.4 is 0 Å². The average molecular weight is 710 g/mol. The second-order valence-electron chi connectivity index (χ2n) is 14.6. The van der Waals surface area contributed by atoms with Crippen molar-refractivity contribution in [2.24, 2.45) is 0 Å². The Balaban J connectivity index is 1.03. The van der Waals surface area contributed by atoms with E-state index in [0.717, 1.165) is 55.3 Å². The smallest absolute Gasteiger partial charge is 0.164 e. The molecule has 55 heavy (non-hydrogen) atoms. The Hall–Kier alpha value is -6.65. The summed E-state index contributed by atoms with van der Waals surface area (Å²) in [5.41, 5.74) is 12.8. The lowest BCUT2D eigenvalue weighted by molar-refractivity contribution is 0.443. The van der Waals surface area contributed by atoms with Gasteiger partial charge in [0.1, 0.15) is 11.2 Å². The first kappa shape index (κ1) is 33.0. The maximum atomic E-state index is 6.70. The third kappa shape index (κ3) is 6.40. The quantitative estimate of drug-likeness (QED) is 0.165. The molecule has 2 aromatic heterocycles. The van der Waals surface area contributed by atoms with E-state index in [-0.39, 0.29) is 0 Å². The molecule has 4 nitrogen and oxygen atoms in total. The van der Waals surface area contributed by atoms with Crippen molar-refractivity contribution < 1.29 is 4.42 Å². The van der Waals surface area contributed by atoms with E-state index in [4.69, 9.17) is 19.4 Å². The van der Waals surface area contributed by atoms with E-state index in [1.165, 1.54) is 54.4 Å². The Kier molecular flexibility index (Phi) is 8.57. The molecule has 0 aliphatic heterocycles. The molecule has 9 aromatic rings. The van der Waals surface area contributed by atoms with E-state index in [2.05, 4.69) is 121 Å². The highest BCUT2D eigenvalue weighted by molar-refractivity contribution is 6.15. The molecule has 4 heteroatoms. The topological polar surface area (TPSA) is 51.8 Å². The molecule has 0 atom stereocenters. The van der Waals surface area contributed by atoms with Crippen LogP contribution in [0, 0.1) is 0 Å². The molecule has 0 radical (unpaired) electrons. The fourth-order valence-electron chi connectivity index (χ4n) is 8.27. The normalized spacial score (nSPS) is 13.4. The fraction of sp³-hybridized carbons (Fsp3) is 0.118. The number of aromatic nitrogens is 3. The second kappa shape index (κ2) is 14.3. The van der Waals surface area contributed by atoms with Crippen LogP contribution in [0.4, 0.5) is 0 Å². The highest BCUT2D eigenvalue weighted by Gasteiger charge is 2.20. The summed E-state index contributed by atoms with van der Waals surface area (Å²) in [5.74, 6) is 2.57. The largest absolute Gasteiger partial charge is 0.455 e. The number of rotatable bonds is 7. The van der Waals surface area contributed by atoms with Crippen molar-refractivity contribution >= 4 is 21.9 Å². The van der Waals surface area contributed by atoms with E-state index < -0.39 is 0 Å². The SMILES string of the molecule is c1ccc(-c2ccc(-c3nc(-c4ccccc4)nc(-c4cccc5oc6c(-c7ccc(-c8ccc(C9CCCCC9)cc8)cc7)cccc6c45)n3)cc2)cc1. The van der Waals surface area contributed by atoms with Gasteiger partial charge in [0, 0.05) is 33.0 Å². The van der Waals surface area contributed by atoms with Crippen LogP contribution in [0.5, 0.6) is 0 Å². The maximum absolute atomic E-state index is 6.70. The lowest BCUT2D eigenvalue weighted by Crippen LogP contribution is -2.04. The van der Waals surface area contributed by atoms with Gasteiger partial charge in [-0.2, -0.15) is 0 Å². The number of benzene rings is 7. The van der Waals surface area contributed by atoms with Crippen LogP contribution in [0.25, 0.3) is 89.5 Å². The van der Waals surface area contributed by atoms with Gasteiger partial charge in [-0.25, -0.2) is 15.0 Å². The zero-order valence-corrected chi connectivity index (χ0v) is 30.5. The molecule has 0 N–H and O–H groups in total. The van der Waals surface area contributed by atoms with Crippen molar-refractivity contribution in [2.75, 3.05) is 0 Å². The van der Waals surface area contributed by atoms with Gasteiger partial charge in [0.15, 0.2) is 17.5 Å². The first-order valence-electron chi connectivity index (χ1n) is 19.4. The molecule has 7 aromatic carbocycles. The third-order valence-electron chi connectivity index (χ3n) is 11.2. The molecule has 2 heterocycles. The Morgan fingerprint density at radius 2 is 0.873 bits per heavy atom. The average Bonchev–Trinajstić information content (AvgIpc) is 3.67. The number of fused-ring (bicyclic) bond motifs is 3. The molecule has 1 fully saturated rings. The summed E-state index contributed by atoms with van der Waals surface area (Å²) in [5, 5.41) is 2.02. The highest BCUT2D eigenvalue weighted by Crippen LogP contribution is 2.41. The summed E-state index contributed by atoms with van der Waals surface area (Å²) < 4.78 is 6.70. The van der Waals surface area contributed by atoms with E-state index >= 15 is 0 Å². The van der Waals surface area contributed by atoms with Gasteiger partial charge in [0.05, 0.1) is 0 Å². The molecule has 1 aliphatic carbocycles. The zero-order valence-electron chi connectivity index (χ0n) is 30.5. The molecule has 264 valence electrons. The van der Waals surface area contributed by atoms with Crippen LogP contribution in [0.3, 0.4) is 0 Å². The van der Waals surface area contributed by atoms with Gasteiger partial charge in [-0.05, 0) is 58.2 Å². The first-order valence-corrected chi connectivity index (χ1v) is 19.4. The molecule has 1 saturated carbocycles. The Labute approximate surface area is 321 Å². The summed E-state index contributed by atoms with van der Waals surface area (Å²) in [4.78, 5) is 15.2.